The third kappa shape index (κ3) is 4.24. The van der Waals surface area contributed by atoms with E-state index in [1.807, 2.05) is 0 Å². The molecule has 2 heterocycles. The van der Waals surface area contributed by atoms with E-state index in [9.17, 15) is 13.2 Å². The number of hydrogen-bond donors (Lipinski definition) is 0. The first-order chi connectivity index (χ1) is 9.80. The molecule has 2 rings (SSSR count). The van der Waals surface area contributed by atoms with Crippen molar-refractivity contribution >= 4 is 35.0 Å². The maximum atomic E-state index is 12.3. The Morgan fingerprint density at radius 3 is 2.57 bits per heavy atom. The summed E-state index contributed by atoms with van der Waals surface area (Å²) in [6.45, 7) is 3.52. The highest BCUT2D eigenvalue weighted by atomic mass is 35.5. The van der Waals surface area contributed by atoms with Gasteiger partial charge in [0, 0.05) is 11.3 Å². The maximum Gasteiger partial charge on any atom is 0.479 e. The summed E-state index contributed by atoms with van der Waals surface area (Å²) in [5.41, 5.74) is -3.35. The monoisotopic (exact) mass is 354 g/mol. The van der Waals surface area contributed by atoms with Gasteiger partial charge in [-0.1, -0.05) is 18.5 Å². The molecule has 0 bridgehead atoms. The van der Waals surface area contributed by atoms with Crippen molar-refractivity contribution in [3.05, 3.63) is 27.7 Å². The largest absolute Gasteiger partial charge is 0.479 e. The molecule has 0 unspecified atom stereocenters. The van der Waals surface area contributed by atoms with Gasteiger partial charge in [-0.2, -0.15) is 18.2 Å². The van der Waals surface area contributed by atoms with Crippen LogP contribution in [0, 0.1) is 6.92 Å². The van der Waals surface area contributed by atoms with Crippen LogP contribution in [0.25, 0.3) is 10.7 Å². The first kappa shape index (κ1) is 16.4. The Bertz CT molecular complexity index is 646. The molecular weight excluding hydrogens is 345 g/mol. The highest BCUT2D eigenvalue weighted by Gasteiger charge is 2.32. The normalized spacial score (nSPS) is 11.7. The number of nitrogens with zero attached hydrogens (tertiary/aromatic N) is 2. The lowest BCUT2D eigenvalue weighted by molar-refractivity contribution is -0.0370. The topological polar surface area (TPSA) is 35.0 Å². The average Bonchev–Trinajstić information content (AvgIpc) is 2.81. The van der Waals surface area contributed by atoms with Gasteiger partial charge < -0.3 is 4.18 Å². The Balaban J connectivity index is 2.39. The van der Waals surface area contributed by atoms with Gasteiger partial charge in [0.15, 0.2) is 17.9 Å². The lowest BCUT2D eigenvalue weighted by Crippen LogP contribution is -2.07. The van der Waals surface area contributed by atoms with E-state index in [-0.39, 0.29) is 5.88 Å². The number of aromatic nitrogens is 2. The first-order valence-electron chi connectivity index (χ1n) is 5.85. The molecule has 9 heteroatoms. The van der Waals surface area contributed by atoms with Crippen LogP contribution in [0.5, 0.6) is 5.88 Å². The van der Waals surface area contributed by atoms with Gasteiger partial charge in [-0.3, -0.25) is 0 Å². The lowest BCUT2D eigenvalue weighted by atomic mass is 10.2. The molecule has 0 amide bonds. The summed E-state index contributed by atoms with van der Waals surface area (Å²) < 4.78 is 42.2. The Morgan fingerprint density at radius 2 is 2.05 bits per heavy atom. The van der Waals surface area contributed by atoms with Crippen LogP contribution in [0.15, 0.2) is 12.1 Å². The van der Waals surface area contributed by atoms with E-state index in [0.717, 1.165) is 0 Å². The summed E-state index contributed by atoms with van der Waals surface area (Å²) in [7, 11) is 0. The van der Waals surface area contributed by atoms with E-state index < -0.39 is 17.6 Å². The Labute approximate surface area is 132 Å². The van der Waals surface area contributed by atoms with Crippen LogP contribution in [0.1, 0.15) is 18.2 Å². The molecule has 0 aliphatic rings. The third-order valence-corrected chi connectivity index (χ3v) is 4.20. The third-order valence-electron chi connectivity index (χ3n) is 2.54. The minimum Gasteiger partial charge on any atom is -0.396 e. The summed E-state index contributed by atoms with van der Waals surface area (Å²) in [6.07, 6.45) is 0.477. The number of alkyl halides is 3. The predicted molar refractivity (Wildman–Crippen MR) is 78.7 cm³/mol. The fourth-order valence-electron chi connectivity index (χ4n) is 1.68. The van der Waals surface area contributed by atoms with Gasteiger partial charge in [0.25, 0.3) is 0 Å². The van der Waals surface area contributed by atoms with Gasteiger partial charge in [-0.15, -0.1) is 11.3 Å². The molecule has 3 nitrogen and oxygen atoms in total. The van der Waals surface area contributed by atoms with Crippen LogP contribution in [-0.2, 0) is 6.42 Å². The number of aryl methyl sites for hydroxylation is 1. The lowest BCUT2D eigenvalue weighted by Gasteiger charge is -2.12. The zero-order valence-electron chi connectivity index (χ0n) is 11.0. The molecule has 0 radical (unpaired) electrons. The van der Waals surface area contributed by atoms with Gasteiger partial charge in [0.05, 0.1) is 9.21 Å². The minimum atomic E-state index is -4.49. The molecule has 114 valence electrons. The highest BCUT2D eigenvalue weighted by Crippen LogP contribution is 2.36. The van der Waals surface area contributed by atoms with E-state index in [4.69, 9.17) is 15.8 Å². The minimum absolute atomic E-state index is 0.0631. The predicted octanol–water partition coefficient (Wildman–Crippen LogP) is 5.28. The van der Waals surface area contributed by atoms with Crippen LogP contribution < -0.4 is 4.18 Å². The van der Waals surface area contributed by atoms with Gasteiger partial charge in [0.2, 0.25) is 5.88 Å². The van der Waals surface area contributed by atoms with Crippen molar-refractivity contribution in [3.8, 4) is 16.6 Å². The van der Waals surface area contributed by atoms with Gasteiger partial charge in [-0.25, -0.2) is 4.98 Å². The van der Waals surface area contributed by atoms with Gasteiger partial charge in [-0.05, 0) is 25.5 Å². The van der Waals surface area contributed by atoms with E-state index in [0.29, 0.717) is 32.7 Å². The van der Waals surface area contributed by atoms with Crippen molar-refractivity contribution in [1.29, 1.82) is 0 Å². The molecule has 2 aromatic rings. The molecule has 0 N–H and O–H groups in total. The van der Waals surface area contributed by atoms with Crippen LogP contribution >= 0.6 is 35.0 Å². The van der Waals surface area contributed by atoms with Crippen LogP contribution in [0.3, 0.4) is 0 Å². The van der Waals surface area contributed by atoms with Crippen LogP contribution in [0.4, 0.5) is 13.2 Å². The van der Waals surface area contributed by atoms with Crippen molar-refractivity contribution in [2.24, 2.45) is 0 Å². The zero-order chi connectivity index (χ0) is 15.6. The molecule has 0 aliphatic heterocycles. The van der Waals surface area contributed by atoms with Gasteiger partial charge in [0.1, 0.15) is 0 Å². The van der Waals surface area contributed by atoms with Crippen molar-refractivity contribution in [2.45, 2.75) is 25.8 Å². The molecule has 0 aliphatic carbocycles. The zero-order valence-corrected chi connectivity index (χ0v) is 13.4. The molecule has 21 heavy (non-hydrogen) atoms. The molecule has 0 atom stereocenters. The van der Waals surface area contributed by atoms with Crippen LogP contribution in [0.2, 0.25) is 4.34 Å². The molecular formula is C12H10ClF3N2OS2. The summed E-state index contributed by atoms with van der Waals surface area (Å²) in [5.74, 6) is 0.242. The van der Waals surface area contributed by atoms with Crippen molar-refractivity contribution < 1.29 is 17.4 Å². The summed E-state index contributed by atoms with van der Waals surface area (Å²) in [4.78, 5) is 9.07. The van der Waals surface area contributed by atoms with E-state index in [1.54, 1.807) is 26.0 Å². The molecule has 0 spiro atoms. The van der Waals surface area contributed by atoms with Gasteiger partial charge >= 0.3 is 5.51 Å². The maximum absolute atomic E-state index is 12.3. The highest BCUT2D eigenvalue weighted by molar-refractivity contribution is 7.95. The second kappa shape index (κ2) is 6.41. The number of thiophene rings is 1. The van der Waals surface area contributed by atoms with E-state index in [2.05, 4.69) is 9.97 Å². The molecule has 0 saturated heterocycles. The van der Waals surface area contributed by atoms with Crippen molar-refractivity contribution in [1.82, 2.24) is 9.97 Å². The SMILES string of the molecule is CCc1c(C)nc(-c2ccc(Cl)s2)nc1OSC(F)(F)F. The number of hydrogen-bond acceptors (Lipinski definition) is 5. The Morgan fingerprint density at radius 1 is 1.33 bits per heavy atom. The molecule has 0 fully saturated rings. The summed E-state index contributed by atoms with van der Waals surface area (Å²) in [5, 5.41) is 0. The smallest absolute Gasteiger partial charge is 0.396 e. The Hall–Kier alpha value is -0.990. The fourth-order valence-corrected chi connectivity index (χ4v) is 2.97. The van der Waals surface area contributed by atoms with E-state index >= 15 is 0 Å². The van der Waals surface area contributed by atoms with Crippen molar-refractivity contribution in [2.75, 3.05) is 0 Å². The first-order valence-corrected chi connectivity index (χ1v) is 7.79. The molecule has 0 aromatic carbocycles. The molecule has 0 saturated carbocycles. The quantitative estimate of drug-likeness (QED) is 0.700. The summed E-state index contributed by atoms with van der Waals surface area (Å²) >= 11 is 6.52. The average molecular weight is 355 g/mol. The standard InChI is InChI=1S/C12H10ClF3N2OS2/c1-3-7-6(2)17-10(8-4-5-9(13)20-8)18-11(7)19-21-12(14,15)16/h4-5H,3H2,1-2H3. The van der Waals surface area contributed by atoms with Crippen molar-refractivity contribution in [3.63, 3.8) is 0 Å². The summed E-state index contributed by atoms with van der Waals surface area (Å²) in [6, 6.07) is 3.40. The van der Waals surface area contributed by atoms with E-state index in [1.165, 1.54) is 11.3 Å². The molecule has 2 aromatic heterocycles. The Kier molecular flexibility index (Phi) is 5.00. The fraction of sp³-hybridized carbons (Fsp3) is 0.333. The second-order valence-electron chi connectivity index (χ2n) is 3.99. The number of rotatable bonds is 4. The van der Waals surface area contributed by atoms with Crippen LogP contribution in [-0.4, -0.2) is 15.5 Å². The second-order valence-corrected chi connectivity index (χ2v) is 6.50. The number of halogens is 4.